The average Bonchev–Trinajstić information content (AvgIpc) is 2.71. The number of hydrogen-bond donors (Lipinski definition) is 1. The van der Waals surface area contributed by atoms with Crippen LogP contribution in [0.15, 0.2) is 24.3 Å². The van der Waals surface area contributed by atoms with Crippen LogP contribution in [0, 0.1) is 12.3 Å². The summed E-state index contributed by atoms with van der Waals surface area (Å²) in [5.41, 5.74) is 2.66. The molecule has 1 aromatic carbocycles. The second kappa shape index (κ2) is 5.86. The van der Waals surface area contributed by atoms with Crippen molar-refractivity contribution in [3.05, 3.63) is 29.8 Å². The zero-order chi connectivity index (χ0) is 14.8. The summed E-state index contributed by atoms with van der Waals surface area (Å²) < 4.78 is 0. The lowest BCUT2D eigenvalue weighted by Gasteiger charge is -2.40. The topological polar surface area (TPSA) is 40.5 Å². The third-order valence-corrected chi connectivity index (χ3v) is 4.57. The Balaban J connectivity index is 2.30. The number of benzene rings is 1. The maximum Gasteiger partial charge on any atom is 0.305 e. The molecule has 1 N–H and O–H groups in total. The first kappa shape index (κ1) is 14.9. The largest absolute Gasteiger partial charge is 0.481 e. The molecule has 110 valence electrons. The highest BCUT2D eigenvalue weighted by Crippen LogP contribution is 2.42. The van der Waals surface area contributed by atoms with E-state index in [1.165, 1.54) is 24.1 Å². The third kappa shape index (κ3) is 3.14. The third-order valence-electron chi connectivity index (χ3n) is 4.57. The number of rotatable bonds is 5. The molecule has 0 radical (unpaired) electrons. The van der Waals surface area contributed by atoms with Crippen molar-refractivity contribution in [2.45, 2.75) is 52.5 Å². The lowest BCUT2D eigenvalue weighted by atomic mass is 9.85. The second-order valence-electron chi connectivity index (χ2n) is 6.52. The highest BCUT2D eigenvalue weighted by molar-refractivity contribution is 5.68. The van der Waals surface area contributed by atoms with Crippen molar-refractivity contribution in [3.8, 4) is 0 Å². The van der Waals surface area contributed by atoms with Gasteiger partial charge in [0.15, 0.2) is 0 Å². The Morgan fingerprint density at radius 3 is 2.65 bits per heavy atom. The molecule has 1 saturated carbocycles. The fourth-order valence-electron chi connectivity index (χ4n) is 3.43. The van der Waals surface area contributed by atoms with E-state index >= 15 is 0 Å². The Bertz CT molecular complexity index is 482. The minimum Gasteiger partial charge on any atom is -0.481 e. The van der Waals surface area contributed by atoms with Crippen LogP contribution in [0.5, 0.6) is 0 Å². The van der Waals surface area contributed by atoms with Gasteiger partial charge in [0.2, 0.25) is 0 Å². The number of para-hydroxylation sites is 1. The fraction of sp³-hybridized carbons (Fsp3) is 0.588. The molecule has 2 rings (SSSR count). The molecule has 3 nitrogen and oxygen atoms in total. The van der Waals surface area contributed by atoms with Gasteiger partial charge in [0.25, 0.3) is 0 Å². The van der Waals surface area contributed by atoms with Gasteiger partial charge >= 0.3 is 5.97 Å². The lowest BCUT2D eigenvalue weighted by molar-refractivity contribution is -0.136. The predicted molar refractivity (Wildman–Crippen MR) is 82.2 cm³/mol. The molecular formula is C17H25NO2. The summed E-state index contributed by atoms with van der Waals surface area (Å²) in [5, 5.41) is 9.02. The zero-order valence-electron chi connectivity index (χ0n) is 12.7. The first-order valence-corrected chi connectivity index (χ1v) is 7.46. The van der Waals surface area contributed by atoms with E-state index in [9.17, 15) is 4.79 Å². The second-order valence-corrected chi connectivity index (χ2v) is 6.52. The van der Waals surface area contributed by atoms with Gasteiger partial charge in [-0.1, -0.05) is 38.5 Å². The monoisotopic (exact) mass is 275 g/mol. The van der Waals surface area contributed by atoms with Gasteiger partial charge in [0.1, 0.15) is 0 Å². The number of aliphatic carboxylic acids is 1. The van der Waals surface area contributed by atoms with E-state index in [2.05, 4.69) is 37.8 Å². The van der Waals surface area contributed by atoms with E-state index in [4.69, 9.17) is 5.11 Å². The van der Waals surface area contributed by atoms with Crippen molar-refractivity contribution >= 4 is 11.7 Å². The van der Waals surface area contributed by atoms with Crippen LogP contribution < -0.4 is 4.90 Å². The Labute approximate surface area is 121 Å². The molecule has 1 aliphatic carbocycles. The van der Waals surface area contributed by atoms with Gasteiger partial charge in [-0.3, -0.25) is 4.79 Å². The number of nitrogens with zero attached hydrogens (tertiary/aromatic N) is 1. The van der Waals surface area contributed by atoms with Gasteiger partial charge < -0.3 is 10.0 Å². The van der Waals surface area contributed by atoms with E-state index in [0.29, 0.717) is 12.6 Å². The van der Waals surface area contributed by atoms with Gasteiger partial charge in [-0.15, -0.1) is 0 Å². The SMILES string of the molecule is Cc1ccccc1N(CCC(=O)O)C1CCCC1(C)C. The molecule has 0 heterocycles. The maximum absolute atomic E-state index is 11.0. The van der Waals surface area contributed by atoms with Crippen LogP contribution in [0.4, 0.5) is 5.69 Å². The molecule has 0 aromatic heterocycles. The highest BCUT2D eigenvalue weighted by Gasteiger charge is 2.38. The van der Waals surface area contributed by atoms with Crippen LogP contribution in [0.2, 0.25) is 0 Å². The van der Waals surface area contributed by atoms with Gasteiger partial charge in [0, 0.05) is 18.3 Å². The van der Waals surface area contributed by atoms with Crippen LogP contribution in [-0.4, -0.2) is 23.7 Å². The standard InChI is InChI=1S/C17H25NO2/c1-13-7-4-5-8-14(13)18(12-10-16(19)20)15-9-6-11-17(15,2)3/h4-5,7-8,15H,6,9-12H2,1-3H3,(H,19,20). The van der Waals surface area contributed by atoms with Gasteiger partial charge in [-0.05, 0) is 36.8 Å². The zero-order valence-corrected chi connectivity index (χ0v) is 12.7. The van der Waals surface area contributed by atoms with E-state index < -0.39 is 5.97 Å². The number of anilines is 1. The summed E-state index contributed by atoms with van der Waals surface area (Å²) in [7, 11) is 0. The number of aryl methyl sites for hydroxylation is 1. The molecule has 0 saturated heterocycles. The maximum atomic E-state index is 11.0. The number of hydrogen-bond acceptors (Lipinski definition) is 2. The quantitative estimate of drug-likeness (QED) is 0.887. The predicted octanol–water partition coefficient (Wildman–Crippen LogP) is 3.85. The summed E-state index contributed by atoms with van der Waals surface area (Å²) in [6.07, 6.45) is 3.79. The number of carbonyl (C=O) groups is 1. The van der Waals surface area contributed by atoms with Crippen molar-refractivity contribution in [1.29, 1.82) is 0 Å². The van der Waals surface area contributed by atoms with E-state index in [1.54, 1.807) is 0 Å². The summed E-state index contributed by atoms with van der Waals surface area (Å²) in [4.78, 5) is 13.3. The van der Waals surface area contributed by atoms with Crippen LogP contribution in [-0.2, 0) is 4.79 Å². The molecule has 0 bridgehead atoms. The molecule has 1 atom stereocenters. The summed E-state index contributed by atoms with van der Waals surface area (Å²) in [6, 6.07) is 8.73. The molecular weight excluding hydrogens is 250 g/mol. The lowest BCUT2D eigenvalue weighted by Crippen LogP contribution is -2.43. The molecule has 0 aliphatic heterocycles. The van der Waals surface area contributed by atoms with Crippen molar-refractivity contribution in [2.75, 3.05) is 11.4 Å². The van der Waals surface area contributed by atoms with Gasteiger partial charge in [-0.25, -0.2) is 0 Å². The summed E-state index contributed by atoms with van der Waals surface area (Å²) in [6.45, 7) is 7.30. The normalized spacial score (nSPS) is 20.9. The van der Waals surface area contributed by atoms with Crippen molar-refractivity contribution < 1.29 is 9.90 Å². The average molecular weight is 275 g/mol. The van der Waals surface area contributed by atoms with E-state index in [0.717, 1.165) is 6.42 Å². The molecule has 1 aliphatic rings. The van der Waals surface area contributed by atoms with Crippen molar-refractivity contribution in [1.82, 2.24) is 0 Å². The summed E-state index contributed by atoms with van der Waals surface area (Å²) in [5.74, 6) is -0.723. The van der Waals surface area contributed by atoms with Crippen LogP contribution >= 0.6 is 0 Å². The smallest absolute Gasteiger partial charge is 0.305 e. The Kier molecular flexibility index (Phi) is 4.36. The molecule has 1 unspecified atom stereocenters. The molecule has 1 fully saturated rings. The Morgan fingerprint density at radius 2 is 2.10 bits per heavy atom. The van der Waals surface area contributed by atoms with E-state index in [1.807, 2.05) is 12.1 Å². The number of carboxylic acids is 1. The Morgan fingerprint density at radius 1 is 1.40 bits per heavy atom. The molecule has 0 amide bonds. The first-order valence-electron chi connectivity index (χ1n) is 7.46. The molecule has 1 aromatic rings. The fourth-order valence-corrected chi connectivity index (χ4v) is 3.43. The summed E-state index contributed by atoms with van der Waals surface area (Å²) >= 11 is 0. The minimum atomic E-state index is -0.723. The van der Waals surface area contributed by atoms with Crippen LogP contribution in [0.3, 0.4) is 0 Å². The van der Waals surface area contributed by atoms with Gasteiger partial charge in [0.05, 0.1) is 6.42 Å². The van der Waals surface area contributed by atoms with Gasteiger partial charge in [-0.2, -0.15) is 0 Å². The van der Waals surface area contributed by atoms with Crippen LogP contribution in [0.25, 0.3) is 0 Å². The van der Waals surface area contributed by atoms with E-state index in [-0.39, 0.29) is 11.8 Å². The first-order chi connectivity index (χ1) is 9.42. The van der Waals surface area contributed by atoms with Crippen molar-refractivity contribution in [3.63, 3.8) is 0 Å². The Hall–Kier alpha value is -1.51. The molecule has 20 heavy (non-hydrogen) atoms. The van der Waals surface area contributed by atoms with Crippen LogP contribution in [0.1, 0.15) is 45.1 Å². The number of carboxylic acid groups (broad SMARTS) is 1. The van der Waals surface area contributed by atoms with Crippen molar-refractivity contribution in [2.24, 2.45) is 5.41 Å². The highest BCUT2D eigenvalue weighted by atomic mass is 16.4. The molecule has 3 heteroatoms. The molecule has 0 spiro atoms. The minimum absolute atomic E-state index is 0.195.